The molecule has 1 amide bonds. The quantitative estimate of drug-likeness (QED) is 0.601. The Morgan fingerprint density at radius 1 is 1.26 bits per heavy atom. The van der Waals surface area contributed by atoms with Gasteiger partial charge in [0.15, 0.2) is 0 Å². The van der Waals surface area contributed by atoms with E-state index in [4.69, 9.17) is 14.2 Å². The second kappa shape index (κ2) is 10.1. The number of sulfonamides is 1. The summed E-state index contributed by atoms with van der Waals surface area (Å²) in [4.78, 5) is 15.5. The van der Waals surface area contributed by atoms with Crippen molar-refractivity contribution in [3.8, 4) is 5.75 Å². The minimum Gasteiger partial charge on any atom is -0.495 e. The zero-order valence-electron chi connectivity index (χ0n) is 17.8. The molecule has 0 saturated carbocycles. The van der Waals surface area contributed by atoms with Crippen molar-refractivity contribution in [2.24, 2.45) is 0 Å². The Hall–Kier alpha value is -1.33. The van der Waals surface area contributed by atoms with E-state index in [2.05, 4.69) is 0 Å². The summed E-state index contributed by atoms with van der Waals surface area (Å²) < 4.78 is 44.4. The molecule has 0 spiro atoms. The predicted molar refractivity (Wildman–Crippen MR) is 118 cm³/mol. The molecular weight excluding hydrogens is 440 g/mol. The lowest BCUT2D eigenvalue weighted by molar-refractivity contribution is 0.0441. The summed E-state index contributed by atoms with van der Waals surface area (Å²) in [7, 11) is -2.36. The van der Waals surface area contributed by atoms with Crippen molar-refractivity contribution in [2.75, 3.05) is 58.1 Å². The largest absolute Gasteiger partial charge is 0.495 e. The number of morpholine rings is 1. The molecule has 0 radical (unpaired) electrons. The van der Waals surface area contributed by atoms with Gasteiger partial charge in [0, 0.05) is 43.6 Å². The van der Waals surface area contributed by atoms with Gasteiger partial charge in [-0.1, -0.05) is 0 Å². The smallest absolute Gasteiger partial charge is 0.254 e. The van der Waals surface area contributed by atoms with Crippen molar-refractivity contribution in [3.63, 3.8) is 0 Å². The van der Waals surface area contributed by atoms with E-state index >= 15 is 0 Å². The number of methoxy groups -OCH3 is 1. The van der Waals surface area contributed by atoms with Crippen LogP contribution in [0.25, 0.3) is 0 Å². The maximum Gasteiger partial charge on any atom is 0.254 e. The maximum absolute atomic E-state index is 13.6. The molecule has 4 rings (SSSR count). The Kier molecular flexibility index (Phi) is 7.43. The monoisotopic (exact) mass is 470 g/mol. The van der Waals surface area contributed by atoms with Crippen molar-refractivity contribution in [1.82, 2.24) is 9.21 Å². The highest BCUT2D eigenvalue weighted by atomic mass is 32.2. The Morgan fingerprint density at radius 3 is 2.71 bits per heavy atom. The summed E-state index contributed by atoms with van der Waals surface area (Å²) in [5, 5.41) is 0. The van der Waals surface area contributed by atoms with Gasteiger partial charge in [-0.3, -0.25) is 4.79 Å². The molecule has 2 atom stereocenters. The fraction of sp³-hybridized carbons (Fsp3) is 0.667. The molecule has 3 saturated heterocycles. The molecule has 172 valence electrons. The van der Waals surface area contributed by atoms with Gasteiger partial charge in [0.1, 0.15) is 10.6 Å². The SMILES string of the molecule is COc1ccc(C(=O)N(CC2CCCO2)C2CCSC2)cc1S(=O)(=O)N1CCOCC1. The van der Waals surface area contributed by atoms with Gasteiger partial charge in [-0.25, -0.2) is 8.42 Å². The molecule has 1 aromatic carbocycles. The standard InChI is InChI=1S/C21H30N2O6S2/c1-27-19-5-4-16(13-20(19)31(25,26)22-7-10-28-11-8-22)21(24)23(17-6-12-30-15-17)14-18-3-2-9-29-18/h4-5,13,17-18H,2-3,6-12,14-15H2,1H3. The molecule has 31 heavy (non-hydrogen) atoms. The zero-order chi connectivity index (χ0) is 21.8. The minimum absolute atomic E-state index is 0.0283. The summed E-state index contributed by atoms with van der Waals surface area (Å²) in [6.07, 6.45) is 2.95. The number of hydrogen-bond donors (Lipinski definition) is 0. The molecule has 8 nitrogen and oxygen atoms in total. The van der Waals surface area contributed by atoms with Gasteiger partial charge in [-0.2, -0.15) is 16.1 Å². The van der Waals surface area contributed by atoms with Gasteiger partial charge < -0.3 is 19.1 Å². The van der Waals surface area contributed by atoms with E-state index in [0.717, 1.165) is 37.4 Å². The molecule has 3 heterocycles. The van der Waals surface area contributed by atoms with Crippen LogP contribution >= 0.6 is 11.8 Å². The van der Waals surface area contributed by atoms with E-state index in [1.165, 1.54) is 17.5 Å². The van der Waals surface area contributed by atoms with Crippen LogP contribution in [0.3, 0.4) is 0 Å². The van der Waals surface area contributed by atoms with E-state index in [9.17, 15) is 13.2 Å². The van der Waals surface area contributed by atoms with E-state index in [1.807, 2.05) is 16.7 Å². The number of nitrogens with zero attached hydrogens (tertiary/aromatic N) is 2. The van der Waals surface area contributed by atoms with Crippen LogP contribution in [0.2, 0.25) is 0 Å². The summed E-state index contributed by atoms with van der Waals surface area (Å²) in [6, 6.07) is 4.85. The summed E-state index contributed by atoms with van der Waals surface area (Å²) in [6.45, 7) is 2.56. The molecule has 0 aromatic heterocycles. The second-order valence-electron chi connectivity index (χ2n) is 7.99. The molecule has 1 aromatic rings. The number of amides is 1. The van der Waals surface area contributed by atoms with Crippen LogP contribution in [-0.4, -0.2) is 93.7 Å². The number of carbonyl (C=O) groups excluding carboxylic acids is 1. The third kappa shape index (κ3) is 5.03. The van der Waals surface area contributed by atoms with Crippen LogP contribution in [0.15, 0.2) is 23.1 Å². The van der Waals surface area contributed by atoms with E-state index in [0.29, 0.717) is 25.3 Å². The predicted octanol–water partition coefficient (Wildman–Crippen LogP) is 1.84. The highest BCUT2D eigenvalue weighted by molar-refractivity contribution is 7.99. The summed E-state index contributed by atoms with van der Waals surface area (Å²) in [5.74, 6) is 2.02. The van der Waals surface area contributed by atoms with E-state index < -0.39 is 10.0 Å². The average Bonchev–Trinajstić information content (AvgIpc) is 3.51. The van der Waals surface area contributed by atoms with Crippen molar-refractivity contribution in [1.29, 1.82) is 0 Å². The maximum atomic E-state index is 13.6. The number of rotatable bonds is 7. The lowest BCUT2D eigenvalue weighted by Crippen LogP contribution is -2.45. The van der Waals surface area contributed by atoms with Crippen molar-refractivity contribution >= 4 is 27.7 Å². The van der Waals surface area contributed by atoms with Gasteiger partial charge >= 0.3 is 0 Å². The zero-order valence-corrected chi connectivity index (χ0v) is 19.5. The third-order valence-corrected chi connectivity index (χ3v) is 9.09. The molecular formula is C21H30N2O6S2. The highest BCUT2D eigenvalue weighted by Crippen LogP contribution is 2.31. The van der Waals surface area contributed by atoms with Crippen LogP contribution in [0.1, 0.15) is 29.6 Å². The normalized spacial score (nSPS) is 24.9. The van der Waals surface area contributed by atoms with Gasteiger partial charge in [-0.15, -0.1) is 0 Å². The molecule has 3 aliphatic rings. The highest BCUT2D eigenvalue weighted by Gasteiger charge is 2.34. The lowest BCUT2D eigenvalue weighted by Gasteiger charge is -2.31. The van der Waals surface area contributed by atoms with Gasteiger partial charge in [0.05, 0.1) is 26.4 Å². The lowest BCUT2D eigenvalue weighted by atomic mass is 10.1. The molecule has 2 unspecified atom stereocenters. The van der Waals surface area contributed by atoms with Gasteiger partial charge in [0.2, 0.25) is 10.0 Å². The van der Waals surface area contributed by atoms with Crippen LogP contribution < -0.4 is 4.74 Å². The second-order valence-corrected chi connectivity index (χ2v) is 11.0. The fourth-order valence-corrected chi connectivity index (χ4v) is 7.09. The van der Waals surface area contributed by atoms with Crippen LogP contribution in [0, 0.1) is 0 Å². The van der Waals surface area contributed by atoms with Crippen molar-refractivity contribution in [2.45, 2.75) is 36.3 Å². The third-order valence-electron chi connectivity index (χ3n) is 6.03. The fourth-order valence-electron chi connectivity index (χ4n) is 4.28. The number of carbonyl (C=O) groups is 1. The molecule has 0 N–H and O–H groups in total. The van der Waals surface area contributed by atoms with Crippen LogP contribution in [-0.2, 0) is 19.5 Å². The molecule has 3 aliphatic heterocycles. The topological polar surface area (TPSA) is 85.4 Å². The minimum atomic E-state index is -3.80. The Bertz CT molecular complexity index is 876. The number of benzene rings is 1. The van der Waals surface area contributed by atoms with Crippen molar-refractivity contribution in [3.05, 3.63) is 23.8 Å². The van der Waals surface area contributed by atoms with Gasteiger partial charge in [0.25, 0.3) is 5.91 Å². The first kappa shape index (κ1) is 22.8. The molecule has 10 heteroatoms. The Balaban J connectivity index is 1.64. The van der Waals surface area contributed by atoms with Gasteiger partial charge in [-0.05, 0) is 43.2 Å². The number of ether oxygens (including phenoxy) is 3. The van der Waals surface area contributed by atoms with Crippen LogP contribution in [0.5, 0.6) is 5.75 Å². The van der Waals surface area contributed by atoms with E-state index in [-0.39, 0.29) is 41.8 Å². The first-order valence-corrected chi connectivity index (χ1v) is 13.4. The summed E-state index contributed by atoms with van der Waals surface area (Å²) >= 11 is 1.84. The summed E-state index contributed by atoms with van der Waals surface area (Å²) in [5.41, 5.74) is 0.363. The molecule has 3 fully saturated rings. The Morgan fingerprint density at radius 2 is 2.06 bits per heavy atom. The van der Waals surface area contributed by atoms with E-state index in [1.54, 1.807) is 12.1 Å². The first-order chi connectivity index (χ1) is 15.0. The van der Waals surface area contributed by atoms with Crippen molar-refractivity contribution < 1.29 is 27.4 Å². The Labute approximate surface area is 188 Å². The molecule has 0 aliphatic carbocycles. The molecule has 0 bridgehead atoms. The van der Waals surface area contributed by atoms with Crippen LogP contribution in [0.4, 0.5) is 0 Å². The number of hydrogen-bond acceptors (Lipinski definition) is 7. The number of thioether (sulfide) groups is 1. The average molecular weight is 471 g/mol. The first-order valence-electron chi connectivity index (χ1n) is 10.8.